The first-order valence-corrected chi connectivity index (χ1v) is 16.5. The molecule has 0 unspecified atom stereocenters. The summed E-state index contributed by atoms with van der Waals surface area (Å²) in [6.07, 6.45) is 1.76. The van der Waals surface area contributed by atoms with Crippen LogP contribution in [0.4, 0.5) is 5.69 Å². The van der Waals surface area contributed by atoms with Gasteiger partial charge in [0.15, 0.2) is 17.3 Å². The monoisotopic (exact) mass is 661 g/mol. The number of aromatic nitrogens is 5. The largest absolute Gasteiger partial charge is 0.459 e. The van der Waals surface area contributed by atoms with Crippen molar-refractivity contribution in [1.82, 2.24) is 24.3 Å². The molecule has 3 heterocycles. The molecule has 0 fully saturated rings. The van der Waals surface area contributed by atoms with E-state index in [9.17, 15) is 5.26 Å². The molecule has 0 aliphatic heterocycles. The molecule has 8 aromatic rings. The molecule has 0 radical (unpaired) electrons. The molecule has 244 valence electrons. The van der Waals surface area contributed by atoms with Crippen LogP contribution in [0.1, 0.15) is 27.8 Å². The van der Waals surface area contributed by atoms with Gasteiger partial charge in [0.1, 0.15) is 17.3 Å². The van der Waals surface area contributed by atoms with Crippen LogP contribution < -0.4 is 4.74 Å². The molecule has 0 N–H and O–H groups in total. The van der Waals surface area contributed by atoms with Crippen molar-refractivity contribution in [3.05, 3.63) is 155 Å². The van der Waals surface area contributed by atoms with Gasteiger partial charge in [-0.2, -0.15) is 5.26 Å². The number of hydrogen-bond acceptors (Lipinski definition) is 5. The molecule has 8 heteroatoms. The molecule has 0 amide bonds. The molecule has 8 rings (SSSR count). The fourth-order valence-electron chi connectivity index (χ4n) is 7.04. The Labute approximate surface area is 295 Å². The van der Waals surface area contributed by atoms with E-state index in [0.29, 0.717) is 34.1 Å². The summed E-state index contributed by atoms with van der Waals surface area (Å²) in [5, 5.41) is 21.0. The van der Waals surface area contributed by atoms with E-state index in [-0.39, 0.29) is 0 Å². The van der Waals surface area contributed by atoms with Gasteiger partial charge < -0.3 is 4.74 Å². The van der Waals surface area contributed by atoms with Gasteiger partial charge in [0, 0.05) is 34.2 Å². The molecule has 0 aliphatic carbocycles. The van der Waals surface area contributed by atoms with Crippen molar-refractivity contribution in [1.29, 1.82) is 5.26 Å². The van der Waals surface area contributed by atoms with E-state index in [1.807, 2.05) is 78.9 Å². The Kier molecular flexibility index (Phi) is 7.63. The molecule has 0 aliphatic rings. The van der Waals surface area contributed by atoms with Gasteiger partial charge in [-0.3, -0.25) is 9.13 Å². The van der Waals surface area contributed by atoms with E-state index in [0.717, 1.165) is 61.4 Å². The second kappa shape index (κ2) is 12.5. The molecular formula is C43H31N7O. The van der Waals surface area contributed by atoms with Crippen molar-refractivity contribution >= 4 is 27.5 Å². The summed E-state index contributed by atoms with van der Waals surface area (Å²) in [6, 6.07) is 37.6. The molecule has 0 atom stereocenters. The molecule has 0 bridgehead atoms. The molecule has 5 aromatic carbocycles. The highest BCUT2D eigenvalue weighted by Crippen LogP contribution is 2.39. The van der Waals surface area contributed by atoms with Gasteiger partial charge in [-0.1, -0.05) is 48.0 Å². The maximum absolute atomic E-state index is 9.62. The van der Waals surface area contributed by atoms with E-state index in [1.54, 1.807) is 12.3 Å². The van der Waals surface area contributed by atoms with Crippen molar-refractivity contribution in [2.45, 2.75) is 27.7 Å². The third-order valence-electron chi connectivity index (χ3n) is 9.17. The van der Waals surface area contributed by atoms with Crippen molar-refractivity contribution in [3.8, 4) is 51.8 Å². The summed E-state index contributed by atoms with van der Waals surface area (Å²) < 4.78 is 10.7. The minimum atomic E-state index is 0.416. The van der Waals surface area contributed by atoms with Crippen LogP contribution in [-0.4, -0.2) is 24.3 Å². The Morgan fingerprint density at radius 1 is 0.686 bits per heavy atom. The van der Waals surface area contributed by atoms with Crippen molar-refractivity contribution in [3.63, 3.8) is 0 Å². The van der Waals surface area contributed by atoms with E-state index >= 15 is 0 Å². The summed E-state index contributed by atoms with van der Waals surface area (Å²) in [4.78, 5) is 8.44. The quantitative estimate of drug-likeness (QED) is 0.166. The lowest BCUT2D eigenvalue weighted by Gasteiger charge is -2.18. The standard InChI is InChI=1S/C43H31N7O/c1-26-18-28(3)41(29(4)19-26)50-42(47-48-43(50)35-11-7-6-10-27(35)2)31-21-32(45-5)23-34(22-31)51-33-14-15-36-37-20-30(25-44)13-16-38(37)49(39(36)24-33)40-12-8-9-17-46-40/h6-24H,1-4H3. The van der Waals surface area contributed by atoms with Gasteiger partial charge in [-0.25, -0.2) is 9.83 Å². The molecule has 51 heavy (non-hydrogen) atoms. The highest BCUT2D eigenvalue weighted by atomic mass is 16.5. The second-order valence-electron chi connectivity index (χ2n) is 12.7. The fraction of sp³-hybridized carbons (Fsp3) is 0.0930. The average molecular weight is 662 g/mol. The summed E-state index contributed by atoms with van der Waals surface area (Å²) in [7, 11) is 0. The number of ether oxygens (including phenoxy) is 1. The van der Waals surface area contributed by atoms with Crippen molar-refractivity contribution in [2.75, 3.05) is 0 Å². The fourth-order valence-corrected chi connectivity index (χ4v) is 7.04. The number of aryl methyl sites for hydroxylation is 4. The zero-order chi connectivity index (χ0) is 35.2. The number of nitrogens with zero attached hydrogens (tertiary/aromatic N) is 7. The normalized spacial score (nSPS) is 11.1. The molecule has 0 saturated carbocycles. The van der Waals surface area contributed by atoms with Crippen LogP contribution in [0, 0.1) is 45.6 Å². The van der Waals surface area contributed by atoms with Crippen LogP contribution in [0.2, 0.25) is 0 Å². The third kappa shape index (κ3) is 5.46. The van der Waals surface area contributed by atoms with Gasteiger partial charge in [0.2, 0.25) is 0 Å². The maximum Gasteiger partial charge on any atom is 0.191 e. The minimum absolute atomic E-state index is 0.416. The van der Waals surface area contributed by atoms with Crippen LogP contribution in [0.15, 0.2) is 115 Å². The average Bonchev–Trinajstić information content (AvgIpc) is 3.70. The minimum Gasteiger partial charge on any atom is -0.459 e. The van der Waals surface area contributed by atoms with Crippen molar-refractivity contribution < 1.29 is 4.74 Å². The maximum atomic E-state index is 9.62. The number of fused-ring (bicyclic) bond motifs is 3. The number of hydrogen-bond donors (Lipinski definition) is 0. The van der Waals surface area contributed by atoms with E-state index in [1.165, 1.54) is 5.56 Å². The first-order chi connectivity index (χ1) is 24.8. The van der Waals surface area contributed by atoms with E-state index in [4.69, 9.17) is 21.5 Å². The highest BCUT2D eigenvalue weighted by molar-refractivity contribution is 6.10. The SMILES string of the molecule is [C-]#[N+]c1cc(Oc2ccc3c4cc(C#N)ccc4n(-c4ccccn4)c3c2)cc(-c2nnc(-c3ccccc3C)n2-c2c(C)cc(C)cc2C)c1. The lowest BCUT2D eigenvalue weighted by Crippen LogP contribution is -2.06. The Morgan fingerprint density at radius 3 is 2.22 bits per heavy atom. The van der Waals surface area contributed by atoms with Crippen molar-refractivity contribution in [2.24, 2.45) is 0 Å². The Balaban J connectivity index is 1.29. The lowest BCUT2D eigenvalue weighted by molar-refractivity contribution is 0.484. The molecule has 8 nitrogen and oxygen atoms in total. The Hall–Kier alpha value is -7.03. The Bertz CT molecular complexity index is 2720. The van der Waals surface area contributed by atoms with Gasteiger partial charge >= 0.3 is 0 Å². The van der Waals surface area contributed by atoms with E-state index in [2.05, 4.69) is 77.0 Å². The first kappa shape index (κ1) is 31.3. The van der Waals surface area contributed by atoms with Crippen LogP contribution in [0.5, 0.6) is 11.5 Å². The summed E-state index contributed by atoms with van der Waals surface area (Å²) in [5.74, 6) is 3.17. The van der Waals surface area contributed by atoms with Gasteiger partial charge in [-0.15, -0.1) is 10.2 Å². The smallest absolute Gasteiger partial charge is 0.191 e. The zero-order valence-corrected chi connectivity index (χ0v) is 28.5. The molecule has 3 aromatic heterocycles. The molecule has 0 saturated heterocycles. The predicted octanol–water partition coefficient (Wildman–Crippen LogP) is 10.5. The topological polar surface area (TPSA) is 85.9 Å². The van der Waals surface area contributed by atoms with E-state index < -0.39 is 0 Å². The number of benzene rings is 5. The molecular weight excluding hydrogens is 631 g/mol. The second-order valence-corrected chi connectivity index (χ2v) is 12.7. The van der Waals surface area contributed by atoms with Crippen LogP contribution >= 0.6 is 0 Å². The number of nitriles is 1. The van der Waals surface area contributed by atoms with Gasteiger partial charge in [0.25, 0.3) is 0 Å². The third-order valence-corrected chi connectivity index (χ3v) is 9.17. The number of pyridine rings is 1. The first-order valence-electron chi connectivity index (χ1n) is 16.5. The van der Waals surface area contributed by atoms with Gasteiger partial charge in [0.05, 0.1) is 34.9 Å². The predicted molar refractivity (Wildman–Crippen MR) is 201 cm³/mol. The van der Waals surface area contributed by atoms with Crippen LogP contribution in [-0.2, 0) is 0 Å². The molecule has 0 spiro atoms. The summed E-state index contributed by atoms with van der Waals surface area (Å²) in [5.41, 5.74) is 9.96. The zero-order valence-electron chi connectivity index (χ0n) is 28.5. The summed E-state index contributed by atoms with van der Waals surface area (Å²) >= 11 is 0. The lowest BCUT2D eigenvalue weighted by atomic mass is 10.0. The van der Waals surface area contributed by atoms with Crippen LogP contribution in [0.3, 0.4) is 0 Å². The number of rotatable bonds is 6. The summed E-state index contributed by atoms with van der Waals surface area (Å²) in [6.45, 7) is 16.3. The Morgan fingerprint density at radius 2 is 1.47 bits per heavy atom. The van der Waals surface area contributed by atoms with Gasteiger partial charge in [-0.05, 0) is 105 Å². The highest BCUT2D eigenvalue weighted by Gasteiger charge is 2.22. The van der Waals surface area contributed by atoms with Crippen LogP contribution in [0.25, 0.3) is 60.9 Å².